The lowest BCUT2D eigenvalue weighted by Gasteiger charge is -2.11. The van der Waals surface area contributed by atoms with E-state index in [9.17, 15) is 22.0 Å². The minimum absolute atomic E-state index is 0.0567. The minimum atomic E-state index is -3.90. The van der Waals surface area contributed by atoms with Crippen LogP contribution in [0.2, 0.25) is 10.0 Å². The third kappa shape index (κ3) is 4.19. The fourth-order valence-corrected chi connectivity index (χ4v) is 4.14. The van der Waals surface area contributed by atoms with Crippen molar-refractivity contribution in [1.82, 2.24) is 14.3 Å². The Morgan fingerprint density at radius 3 is 2.47 bits per heavy atom. The van der Waals surface area contributed by atoms with E-state index in [0.29, 0.717) is 21.6 Å². The Labute approximate surface area is 191 Å². The van der Waals surface area contributed by atoms with E-state index in [2.05, 4.69) is 4.98 Å². The van der Waals surface area contributed by atoms with Crippen LogP contribution in [0.4, 0.5) is 8.78 Å². The van der Waals surface area contributed by atoms with Gasteiger partial charge in [-0.05, 0) is 18.2 Å². The number of amides is 1. The van der Waals surface area contributed by atoms with E-state index < -0.39 is 33.1 Å². The lowest BCUT2D eigenvalue weighted by molar-refractivity contribution is 0.0978. The predicted octanol–water partition coefficient (Wildman–Crippen LogP) is 4.97. The summed E-state index contributed by atoms with van der Waals surface area (Å²) in [6.45, 7) is 0. The Bertz CT molecular complexity index is 1500. The predicted molar refractivity (Wildman–Crippen MR) is 119 cm³/mol. The SMILES string of the molecule is CS(=O)(=O)NC(=O)c1cc(Cl)c(-n2cc(-c3ccccc3F)c3cc(Cl)cnc32)cc1F. The summed E-state index contributed by atoms with van der Waals surface area (Å²) in [7, 11) is -3.90. The lowest BCUT2D eigenvalue weighted by Crippen LogP contribution is -2.30. The molecule has 0 radical (unpaired) electrons. The van der Waals surface area contributed by atoms with Gasteiger partial charge in [0, 0.05) is 35.0 Å². The number of benzene rings is 2. The number of sulfonamides is 1. The first-order valence-electron chi connectivity index (χ1n) is 8.98. The molecule has 0 spiro atoms. The van der Waals surface area contributed by atoms with Gasteiger partial charge in [0.05, 0.1) is 27.6 Å². The van der Waals surface area contributed by atoms with E-state index in [1.165, 1.54) is 23.0 Å². The number of rotatable bonds is 4. The number of pyridine rings is 1. The van der Waals surface area contributed by atoms with Crippen LogP contribution in [-0.2, 0) is 10.0 Å². The topological polar surface area (TPSA) is 81.1 Å². The van der Waals surface area contributed by atoms with Gasteiger partial charge >= 0.3 is 0 Å². The highest BCUT2D eigenvalue weighted by Crippen LogP contribution is 2.36. The van der Waals surface area contributed by atoms with Gasteiger partial charge in [0.15, 0.2) is 0 Å². The molecule has 1 amide bonds. The van der Waals surface area contributed by atoms with Crippen LogP contribution in [0.15, 0.2) is 54.9 Å². The molecule has 2 aromatic carbocycles. The van der Waals surface area contributed by atoms with Gasteiger partial charge in [-0.1, -0.05) is 41.4 Å². The van der Waals surface area contributed by atoms with Gasteiger partial charge in [0.25, 0.3) is 5.91 Å². The first-order chi connectivity index (χ1) is 15.0. The molecule has 0 aliphatic rings. The summed E-state index contributed by atoms with van der Waals surface area (Å²) in [6.07, 6.45) is 3.68. The molecule has 11 heteroatoms. The van der Waals surface area contributed by atoms with Crippen LogP contribution >= 0.6 is 23.2 Å². The fraction of sp³-hybridized carbons (Fsp3) is 0.0476. The van der Waals surface area contributed by atoms with Crippen LogP contribution in [0.3, 0.4) is 0 Å². The smallest absolute Gasteiger partial charge is 0.267 e. The number of aromatic nitrogens is 2. The highest BCUT2D eigenvalue weighted by molar-refractivity contribution is 7.89. The molecule has 4 rings (SSSR count). The van der Waals surface area contributed by atoms with E-state index in [-0.39, 0.29) is 16.3 Å². The number of nitrogens with zero attached hydrogens (tertiary/aromatic N) is 2. The molecule has 4 aromatic rings. The largest absolute Gasteiger partial charge is 0.299 e. The molecule has 32 heavy (non-hydrogen) atoms. The van der Waals surface area contributed by atoms with Crippen LogP contribution in [-0.4, -0.2) is 30.1 Å². The van der Waals surface area contributed by atoms with Gasteiger partial charge in [-0.2, -0.15) is 0 Å². The molecule has 0 atom stereocenters. The second-order valence-electron chi connectivity index (χ2n) is 6.90. The van der Waals surface area contributed by atoms with E-state index in [0.717, 1.165) is 18.4 Å². The Morgan fingerprint density at radius 1 is 1.06 bits per heavy atom. The number of hydrogen-bond donors (Lipinski definition) is 1. The van der Waals surface area contributed by atoms with Crippen molar-refractivity contribution in [3.05, 3.63) is 82.1 Å². The highest BCUT2D eigenvalue weighted by Gasteiger charge is 2.21. The zero-order chi connectivity index (χ0) is 23.2. The second kappa shape index (κ2) is 8.16. The number of fused-ring (bicyclic) bond motifs is 1. The molecule has 0 aliphatic heterocycles. The van der Waals surface area contributed by atoms with E-state index >= 15 is 0 Å². The van der Waals surface area contributed by atoms with E-state index in [4.69, 9.17) is 23.2 Å². The summed E-state index contributed by atoms with van der Waals surface area (Å²) in [4.78, 5) is 16.4. The van der Waals surface area contributed by atoms with Crippen molar-refractivity contribution < 1.29 is 22.0 Å². The summed E-state index contributed by atoms with van der Waals surface area (Å²) < 4.78 is 55.0. The maximum absolute atomic E-state index is 14.8. The van der Waals surface area contributed by atoms with Crippen molar-refractivity contribution in [2.75, 3.05) is 6.26 Å². The van der Waals surface area contributed by atoms with Crippen LogP contribution in [0.5, 0.6) is 0 Å². The van der Waals surface area contributed by atoms with Crippen molar-refractivity contribution in [1.29, 1.82) is 0 Å². The first kappa shape index (κ1) is 22.2. The zero-order valence-electron chi connectivity index (χ0n) is 16.2. The van der Waals surface area contributed by atoms with Crippen molar-refractivity contribution in [2.24, 2.45) is 0 Å². The third-order valence-electron chi connectivity index (χ3n) is 4.59. The maximum Gasteiger partial charge on any atom is 0.267 e. The maximum atomic E-state index is 14.8. The number of carbonyl (C=O) groups is 1. The minimum Gasteiger partial charge on any atom is -0.299 e. The quantitative estimate of drug-likeness (QED) is 0.433. The van der Waals surface area contributed by atoms with Crippen molar-refractivity contribution >= 4 is 50.2 Å². The molecule has 0 bridgehead atoms. The molecule has 2 aromatic heterocycles. The summed E-state index contributed by atoms with van der Waals surface area (Å²) in [6, 6.07) is 9.68. The van der Waals surface area contributed by atoms with Gasteiger partial charge in [-0.3, -0.25) is 9.36 Å². The highest BCUT2D eigenvalue weighted by atomic mass is 35.5. The second-order valence-corrected chi connectivity index (χ2v) is 9.50. The standard InChI is InChI=1S/C21H13Cl2F2N3O3S/c1-32(30,31)27-21(29)14-7-16(23)19(8-18(14)25)28-10-15(12-4-2-3-5-17(12)24)13-6-11(22)9-26-20(13)28/h2-10H,1H3,(H,27,29). The Morgan fingerprint density at radius 2 is 1.78 bits per heavy atom. The van der Waals surface area contributed by atoms with Crippen LogP contribution in [0.25, 0.3) is 27.8 Å². The molecule has 6 nitrogen and oxygen atoms in total. The normalized spacial score (nSPS) is 11.7. The number of carbonyl (C=O) groups excluding carboxylic acids is 1. The van der Waals surface area contributed by atoms with E-state index in [1.54, 1.807) is 29.0 Å². The Hall–Kier alpha value is -3.01. The van der Waals surface area contributed by atoms with Crippen molar-refractivity contribution in [3.63, 3.8) is 0 Å². The number of nitrogens with one attached hydrogen (secondary N) is 1. The van der Waals surface area contributed by atoms with Crippen LogP contribution in [0, 0.1) is 11.6 Å². The molecule has 0 aliphatic carbocycles. The van der Waals surface area contributed by atoms with Crippen LogP contribution < -0.4 is 4.72 Å². The molecular formula is C21H13Cl2F2N3O3S. The van der Waals surface area contributed by atoms with Crippen molar-refractivity contribution in [2.45, 2.75) is 0 Å². The van der Waals surface area contributed by atoms with Gasteiger partial charge in [0.2, 0.25) is 10.0 Å². The molecule has 164 valence electrons. The Kier molecular flexibility index (Phi) is 5.66. The Balaban J connectivity index is 1.92. The average molecular weight is 496 g/mol. The third-order valence-corrected chi connectivity index (χ3v) is 5.66. The zero-order valence-corrected chi connectivity index (χ0v) is 18.6. The number of hydrogen-bond acceptors (Lipinski definition) is 4. The summed E-state index contributed by atoms with van der Waals surface area (Å²) >= 11 is 12.4. The van der Waals surface area contributed by atoms with Gasteiger partial charge in [0.1, 0.15) is 17.3 Å². The monoisotopic (exact) mass is 495 g/mol. The molecule has 2 heterocycles. The molecule has 0 saturated heterocycles. The van der Waals surface area contributed by atoms with Gasteiger partial charge < -0.3 is 0 Å². The summed E-state index contributed by atoms with van der Waals surface area (Å²) in [5, 5.41) is 0.759. The summed E-state index contributed by atoms with van der Waals surface area (Å²) in [5.74, 6) is -2.64. The molecular weight excluding hydrogens is 483 g/mol. The van der Waals surface area contributed by atoms with Gasteiger partial charge in [-0.25, -0.2) is 26.9 Å². The summed E-state index contributed by atoms with van der Waals surface area (Å²) in [5.41, 5.74) is 0.611. The average Bonchev–Trinajstić information content (AvgIpc) is 3.06. The molecule has 0 unspecified atom stereocenters. The molecule has 0 saturated carbocycles. The first-order valence-corrected chi connectivity index (χ1v) is 11.6. The number of halogens is 4. The molecule has 0 fully saturated rings. The van der Waals surface area contributed by atoms with Crippen molar-refractivity contribution in [3.8, 4) is 16.8 Å². The van der Waals surface area contributed by atoms with E-state index in [1.807, 2.05) is 0 Å². The lowest BCUT2D eigenvalue weighted by atomic mass is 10.1. The van der Waals surface area contributed by atoms with Crippen LogP contribution in [0.1, 0.15) is 10.4 Å². The van der Waals surface area contributed by atoms with Gasteiger partial charge in [-0.15, -0.1) is 0 Å². The molecule has 1 N–H and O–H groups in total. The fourth-order valence-electron chi connectivity index (χ4n) is 3.28.